The van der Waals surface area contributed by atoms with Gasteiger partial charge >= 0.3 is 0 Å². The van der Waals surface area contributed by atoms with E-state index in [2.05, 4.69) is 76.7 Å². The summed E-state index contributed by atoms with van der Waals surface area (Å²) in [5.74, 6) is 0.162. The van der Waals surface area contributed by atoms with Crippen LogP contribution in [-0.2, 0) is 17.8 Å². The van der Waals surface area contributed by atoms with Crippen molar-refractivity contribution in [1.82, 2.24) is 15.2 Å². The van der Waals surface area contributed by atoms with Crippen LogP contribution in [0.3, 0.4) is 0 Å². The Morgan fingerprint density at radius 3 is 2.52 bits per heavy atom. The van der Waals surface area contributed by atoms with Crippen LogP contribution >= 0.6 is 0 Å². The van der Waals surface area contributed by atoms with E-state index in [0.717, 1.165) is 50.0 Å². The van der Waals surface area contributed by atoms with E-state index >= 15 is 0 Å². The summed E-state index contributed by atoms with van der Waals surface area (Å²) in [5, 5.41) is 2.95. The molecule has 0 bridgehead atoms. The molecule has 0 aliphatic carbocycles. The quantitative estimate of drug-likeness (QED) is 0.641. The Labute approximate surface area is 185 Å². The van der Waals surface area contributed by atoms with Crippen molar-refractivity contribution in [1.29, 1.82) is 0 Å². The molecular formula is C27H31N3O. The van der Waals surface area contributed by atoms with Crippen molar-refractivity contribution < 1.29 is 4.79 Å². The van der Waals surface area contributed by atoms with Crippen molar-refractivity contribution >= 4 is 5.91 Å². The minimum atomic E-state index is -0.357. The summed E-state index contributed by atoms with van der Waals surface area (Å²) in [6.07, 6.45) is 6.18. The van der Waals surface area contributed by atoms with Crippen LogP contribution in [0.4, 0.5) is 0 Å². The molecule has 1 fully saturated rings. The predicted octanol–water partition coefficient (Wildman–Crippen LogP) is 4.63. The molecule has 31 heavy (non-hydrogen) atoms. The summed E-state index contributed by atoms with van der Waals surface area (Å²) >= 11 is 0. The molecule has 4 heteroatoms. The molecule has 160 valence electrons. The van der Waals surface area contributed by atoms with E-state index < -0.39 is 0 Å². The molecule has 2 heterocycles. The lowest BCUT2D eigenvalue weighted by Gasteiger charge is -2.41. The number of hydrogen-bond acceptors (Lipinski definition) is 3. The molecule has 1 aliphatic rings. The van der Waals surface area contributed by atoms with E-state index in [1.165, 1.54) is 16.7 Å². The summed E-state index contributed by atoms with van der Waals surface area (Å²) in [6, 6.07) is 21.2. The summed E-state index contributed by atoms with van der Waals surface area (Å²) in [6.45, 7) is 4.99. The highest BCUT2D eigenvalue weighted by Gasteiger charge is 2.40. The first-order valence-electron chi connectivity index (χ1n) is 11.1. The number of piperidine rings is 1. The molecule has 0 saturated carbocycles. The van der Waals surface area contributed by atoms with Crippen LogP contribution < -0.4 is 5.32 Å². The number of nitrogens with one attached hydrogen (secondary N) is 1. The van der Waals surface area contributed by atoms with Gasteiger partial charge in [-0.25, -0.2) is 0 Å². The monoisotopic (exact) mass is 413 g/mol. The number of amides is 1. The predicted molar refractivity (Wildman–Crippen MR) is 126 cm³/mol. The number of rotatable bonds is 6. The van der Waals surface area contributed by atoms with Crippen LogP contribution in [0.2, 0.25) is 0 Å². The lowest BCUT2D eigenvalue weighted by atomic mass is 9.72. The molecule has 2 aromatic carbocycles. The largest absolute Gasteiger partial charge is 0.359 e. The average Bonchev–Trinajstić information content (AvgIpc) is 2.82. The van der Waals surface area contributed by atoms with Gasteiger partial charge < -0.3 is 5.32 Å². The Morgan fingerprint density at radius 2 is 1.81 bits per heavy atom. The maximum absolute atomic E-state index is 13.0. The second kappa shape index (κ2) is 9.44. The normalized spacial score (nSPS) is 16.1. The summed E-state index contributed by atoms with van der Waals surface area (Å²) < 4.78 is 0. The van der Waals surface area contributed by atoms with Gasteiger partial charge in [0.25, 0.3) is 0 Å². The number of aryl methyl sites for hydroxylation is 1. The first kappa shape index (κ1) is 21.3. The zero-order valence-corrected chi connectivity index (χ0v) is 18.5. The SMILES string of the molecule is CNC(=O)C1(Cc2cccc(-c3cccnc3)c2)CCN(Cc2ccccc2C)CC1. The molecule has 4 rings (SSSR count). The molecule has 0 radical (unpaired) electrons. The van der Waals surface area contributed by atoms with Gasteiger partial charge in [0.15, 0.2) is 0 Å². The van der Waals surface area contributed by atoms with Crippen molar-refractivity contribution in [2.45, 2.75) is 32.7 Å². The highest BCUT2D eigenvalue weighted by molar-refractivity contribution is 5.83. The molecular weight excluding hydrogens is 382 g/mol. The second-order valence-corrected chi connectivity index (χ2v) is 8.68. The molecule has 4 nitrogen and oxygen atoms in total. The molecule has 1 N–H and O–H groups in total. The number of pyridine rings is 1. The van der Waals surface area contributed by atoms with Crippen molar-refractivity contribution in [2.75, 3.05) is 20.1 Å². The standard InChI is InChI=1S/C27H31N3O/c1-21-7-3-4-9-25(21)20-30-15-12-27(13-16-30,26(31)28-2)18-22-8-5-10-23(17-22)24-11-6-14-29-19-24/h3-11,14,17,19H,12-13,15-16,18,20H2,1-2H3,(H,28,31). The number of carbonyl (C=O) groups is 1. The molecule has 0 spiro atoms. The number of aromatic nitrogens is 1. The molecule has 3 aromatic rings. The first-order valence-corrected chi connectivity index (χ1v) is 11.1. The number of benzene rings is 2. The molecule has 0 unspecified atom stereocenters. The van der Waals surface area contributed by atoms with Gasteiger partial charge in [0.1, 0.15) is 0 Å². The van der Waals surface area contributed by atoms with Crippen LogP contribution in [0, 0.1) is 12.3 Å². The molecule has 1 aromatic heterocycles. The topological polar surface area (TPSA) is 45.2 Å². The Hall–Kier alpha value is -2.98. The fraction of sp³-hybridized carbons (Fsp3) is 0.333. The summed E-state index contributed by atoms with van der Waals surface area (Å²) in [4.78, 5) is 19.8. The fourth-order valence-electron chi connectivity index (χ4n) is 4.70. The zero-order valence-electron chi connectivity index (χ0n) is 18.5. The van der Waals surface area contributed by atoms with Gasteiger partial charge in [-0.2, -0.15) is 0 Å². The Kier molecular flexibility index (Phi) is 6.47. The van der Waals surface area contributed by atoms with Gasteiger partial charge in [-0.1, -0.05) is 54.6 Å². The highest BCUT2D eigenvalue weighted by atomic mass is 16.2. The molecule has 0 atom stereocenters. The summed E-state index contributed by atoms with van der Waals surface area (Å²) in [7, 11) is 1.76. The number of carbonyl (C=O) groups excluding carboxylic acids is 1. The maximum Gasteiger partial charge on any atom is 0.226 e. The zero-order chi connectivity index (χ0) is 21.7. The van der Waals surface area contributed by atoms with Crippen LogP contribution in [0.1, 0.15) is 29.5 Å². The number of hydrogen-bond donors (Lipinski definition) is 1. The highest BCUT2D eigenvalue weighted by Crippen LogP contribution is 2.37. The van der Waals surface area contributed by atoms with E-state index in [1.54, 1.807) is 13.2 Å². The van der Waals surface area contributed by atoms with Crippen molar-refractivity contribution in [3.8, 4) is 11.1 Å². The van der Waals surface area contributed by atoms with Crippen LogP contribution in [-0.4, -0.2) is 35.9 Å². The van der Waals surface area contributed by atoms with Crippen molar-refractivity contribution in [3.05, 3.63) is 89.7 Å². The van der Waals surface area contributed by atoms with Crippen molar-refractivity contribution in [3.63, 3.8) is 0 Å². The molecule has 1 amide bonds. The molecule has 1 aliphatic heterocycles. The third-order valence-corrected chi connectivity index (χ3v) is 6.64. The Balaban J connectivity index is 1.50. The fourth-order valence-corrected chi connectivity index (χ4v) is 4.70. The number of nitrogens with zero attached hydrogens (tertiary/aromatic N) is 2. The minimum Gasteiger partial charge on any atom is -0.359 e. The number of likely N-dealkylation sites (tertiary alicyclic amines) is 1. The van der Waals surface area contributed by atoms with Gasteiger partial charge in [0.05, 0.1) is 5.41 Å². The average molecular weight is 414 g/mol. The second-order valence-electron chi connectivity index (χ2n) is 8.68. The van der Waals surface area contributed by atoms with E-state index in [1.807, 2.05) is 12.3 Å². The lowest BCUT2D eigenvalue weighted by molar-refractivity contribution is -0.133. The van der Waals surface area contributed by atoms with Gasteiger partial charge in [-0.15, -0.1) is 0 Å². The van der Waals surface area contributed by atoms with Crippen LogP contribution in [0.15, 0.2) is 73.1 Å². The van der Waals surface area contributed by atoms with Gasteiger partial charge in [0, 0.05) is 26.0 Å². The van der Waals surface area contributed by atoms with E-state index in [-0.39, 0.29) is 11.3 Å². The van der Waals surface area contributed by atoms with Gasteiger partial charge in [-0.3, -0.25) is 14.7 Å². The Bertz CT molecular complexity index is 1020. The maximum atomic E-state index is 13.0. The first-order chi connectivity index (χ1) is 15.1. The minimum absolute atomic E-state index is 0.162. The lowest BCUT2D eigenvalue weighted by Crippen LogP contribution is -2.49. The third-order valence-electron chi connectivity index (χ3n) is 6.64. The smallest absolute Gasteiger partial charge is 0.226 e. The van der Waals surface area contributed by atoms with E-state index in [4.69, 9.17) is 0 Å². The summed E-state index contributed by atoms with van der Waals surface area (Å²) in [5.41, 5.74) is 5.81. The van der Waals surface area contributed by atoms with Gasteiger partial charge in [-0.05, 0) is 73.2 Å². The van der Waals surface area contributed by atoms with Crippen LogP contribution in [0.5, 0.6) is 0 Å². The Morgan fingerprint density at radius 1 is 1.03 bits per heavy atom. The third kappa shape index (κ3) is 4.86. The van der Waals surface area contributed by atoms with E-state index in [9.17, 15) is 4.79 Å². The molecule has 1 saturated heterocycles. The van der Waals surface area contributed by atoms with E-state index in [0.29, 0.717) is 0 Å². The van der Waals surface area contributed by atoms with Crippen LogP contribution in [0.25, 0.3) is 11.1 Å². The van der Waals surface area contributed by atoms with Crippen molar-refractivity contribution in [2.24, 2.45) is 5.41 Å². The van der Waals surface area contributed by atoms with Gasteiger partial charge in [0.2, 0.25) is 5.91 Å².